The highest BCUT2D eigenvalue weighted by atomic mass is 19.2. The summed E-state index contributed by atoms with van der Waals surface area (Å²) in [5, 5.41) is 3.51. The van der Waals surface area contributed by atoms with Gasteiger partial charge in [-0.25, -0.2) is 4.39 Å². The summed E-state index contributed by atoms with van der Waals surface area (Å²) in [4.78, 5) is 0. The van der Waals surface area contributed by atoms with E-state index >= 15 is 0 Å². The van der Waals surface area contributed by atoms with Gasteiger partial charge < -0.3 is 10.1 Å². The number of halogens is 2. The van der Waals surface area contributed by atoms with Crippen LogP contribution in [0.5, 0.6) is 5.75 Å². The summed E-state index contributed by atoms with van der Waals surface area (Å²) in [5.74, 6) is 0.780. The first-order valence-electron chi connectivity index (χ1n) is 11.0. The summed E-state index contributed by atoms with van der Waals surface area (Å²) in [6.07, 6.45) is 7.68. The molecule has 4 heteroatoms. The Hall–Kier alpha value is -1.94. The lowest BCUT2D eigenvalue weighted by atomic mass is 9.87. The summed E-state index contributed by atoms with van der Waals surface area (Å²) in [7, 11) is 2.10. The lowest BCUT2D eigenvalue weighted by molar-refractivity contribution is 0.314. The average molecular weight is 400 g/mol. The van der Waals surface area contributed by atoms with E-state index in [1.807, 2.05) is 12.1 Å². The Balaban J connectivity index is 1.40. The van der Waals surface area contributed by atoms with Gasteiger partial charge in [0.2, 0.25) is 5.82 Å². The summed E-state index contributed by atoms with van der Waals surface area (Å²) >= 11 is 0. The molecular formula is C25H31F2NO. The molecule has 0 aliphatic heterocycles. The molecule has 29 heavy (non-hydrogen) atoms. The van der Waals surface area contributed by atoms with Crippen molar-refractivity contribution in [3.05, 3.63) is 53.6 Å². The van der Waals surface area contributed by atoms with Crippen molar-refractivity contribution >= 4 is 0 Å². The zero-order valence-electron chi connectivity index (χ0n) is 17.4. The normalized spacial score (nSPS) is 25.9. The molecule has 2 nitrogen and oxygen atoms in total. The third kappa shape index (κ3) is 4.05. The van der Waals surface area contributed by atoms with Crippen LogP contribution in [0.2, 0.25) is 0 Å². The molecule has 2 aromatic rings. The molecule has 0 heterocycles. The van der Waals surface area contributed by atoms with E-state index in [0.29, 0.717) is 18.2 Å². The molecule has 2 aliphatic rings. The van der Waals surface area contributed by atoms with Crippen LogP contribution in [0, 0.1) is 29.4 Å². The van der Waals surface area contributed by atoms with Crippen LogP contribution in [0.4, 0.5) is 8.78 Å². The van der Waals surface area contributed by atoms with Gasteiger partial charge >= 0.3 is 0 Å². The van der Waals surface area contributed by atoms with E-state index in [0.717, 1.165) is 24.2 Å². The number of aryl methyl sites for hydroxylation is 1. The van der Waals surface area contributed by atoms with Crippen molar-refractivity contribution < 1.29 is 13.5 Å². The molecule has 0 aromatic heterocycles. The van der Waals surface area contributed by atoms with Gasteiger partial charge in [-0.15, -0.1) is 0 Å². The molecule has 2 aliphatic carbocycles. The third-order valence-corrected chi connectivity index (χ3v) is 7.14. The van der Waals surface area contributed by atoms with Gasteiger partial charge in [0.15, 0.2) is 11.6 Å². The fourth-order valence-electron chi connectivity index (χ4n) is 5.66. The Labute approximate surface area is 172 Å². The van der Waals surface area contributed by atoms with E-state index < -0.39 is 11.6 Å². The van der Waals surface area contributed by atoms with Crippen molar-refractivity contribution in [2.75, 3.05) is 13.7 Å². The number of nitrogens with one attached hydrogen (secondary N) is 1. The van der Waals surface area contributed by atoms with Crippen LogP contribution >= 0.6 is 0 Å². The number of ether oxygens (including phenoxy) is 1. The van der Waals surface area contributed by atoms with E-state index in [-0.39, 0.29) is 11.3 Å². The number of benzene rings is 2. The van der Waals surface area contributed by atoms with Crippen LogP contribution in [0.15, 0.2) is 36.4 Å². The molecule has 4 rings (SSSR count). The van der Waals surface area contributed by atoms with Gasteiger partial charge in [-0.3, -0.25) is 0 Å². The molecule has 4 atom stereocenters. The number of hydrogen-bond donors (Lipinski definition) is 1. The summed E-state index contributed by atoms with van der Waals surface area (Å²) < 4.78 is 33.7. The fourth-order valence-corrected chi connectivity index (χ4v) is 5.66. The van der Waals surface area contributed by atoms with Crippen molar-refractivity contribution in [1.82, 2.24) is 5.32 Å². The highest BCUT2D eigenvalue weighted by molar-refractivity contribution is 5.65. The van der Waals surface area contributed by atoms with Gasteiger partial charge in [-0.1, -0.05) is 24.3 Å². The van der Waals surface area contributed by atoms with Crippen molar-refractivity contribution in [3.8, 4) is 16.9 Å². The van der Waals surface area contributed by atoms with Gasteiger partial charge in [-0.05, 0) is 93.5 Å². The molecule has 0 saturated heterocycles. The minimum atomic E-state index is -0.916. The van der Waals surface area contributed by atoms with Crippen LogP contribution < -0.4 is 10.1 Å². The molecule has 0 radical (unpaired) electrons. The van der Waals surface area contributed by atoms with E-state index in [4.69, 9.17) is 4.74 Å². The molecule has 156 valence electrons. The number of hydrogen-bond acceptors (Lipinski definition) is 2. The molecular weight excluding hydrogens is 368 g/mol. The second kappa shape index (κ2) is 8.83. The topological polar surface area (TPSA) is 21.3 Å². The SMILES string of the molecule is CCOc1ccc(-c2ccc(CCC3CC[C@H]4C(NC)CC[C@@H]34)cc2)c(F)c1F. The van der Waals surface area contributed by atoms with E-state index in [9.17, 15) is 8.78 Å². The molecule has 2 fully saturated rings. The standard InChI is InChI=1S/C25H31F2NO/c1-3-29-23-15-13-20(24(26)25(23)27)18-8-5-16(6-9-18)4-7-17-10-11-21-19(17)12-14-22(21)28-2/h5-6,8-9,13,15,17,19,21-22,28H,3-4,7,10-12,14H2,1-2H3/t17?,19-,21+,22?/m0/s1. The van der Waals surface area contributed by atoms with E-state index in [1.165, 1.54) is 43.7 Å². The third-order valence-electron chi connectivity index (χ3n) is 7.14. The number of rotatable bonds is 7. The van der Waals surface area contributed by atoms with E-state index in [1.54, 1.807) is 13.0 Å². The minimum Gasteiger partial charge on any atom is -0.491 e. The van der Waals surface area contributed by atoms with Gasteiger partial charge in [0.1, 0.15) is 0 Å². The Kier molecular flexibility index (Phi) is 6.19. The lowest BCUT2D eigenvalue weighted by Gasteiger charge is -2.20. The summed E-state index contributed by atoms with van der Waals surface area (Å²) in [6, 6.07) is 11.7. The van der Waals surface area contributed by atoms with Crippen LogP contribution in [-0.4, -0.2) is 19.7 Å². The molecule has 0 bridgehead atoms. The smallest absolute Gasteiger partial charge is 0.201 e. The van der Waals surface area contributed by atoms with Crippen molar-refractivity contribution in [3.63, 3.8) is 0 Å². The first-order chi connectivity index (χ1) is 14.1. The molecule has 2 unspecified atom stereocenters. The second-order valence-electron chi connectivity index (χ2n) is 8.55. The first kappa shape index (κ1) is 20.3. The molecule has 2 aromatic carbocycles. The summed E-state index contributed by atoms with van der Waals surface area (Å²) in [6.45, 7) is 2.06. The lowest BCUT2D eigenvalue weighted by Crippen LogP contribution is -2.29. The van der Waals surface area contributed by atoms with Crippen molar-refractivity contribution in [2.45, 2.75) is 51.5 Å². The Bertz CT molecular complexity index is 835. The van der Waals surface area contributed by atoms with Gasteiger partial charge in [0.25, 0.3) is 0 Å². The Morgan fingerprint density at radius 2 is 1.69 bits per heavy atom. The monoisotopic (exact) mass is 399 g/mol. The predicted octanol–water partition coefficient (Wildman–Crippen LogP) is 5.99. The van der Waals surface area contributed by atoms with Crippen LogP contribution in [0.3, 0.4) is 0 Å². The largest absolute Gasteiger partial charge is 0.491 e. The van der Waals surface area contributed by atoms with Crippen LogP contribution in [-0.2, 0) is 6.42 Å². The molecule has 0 amide bonds. The predicted molar refractivity (Wildman–Crippen MR) is 113 cm³/mol. The van der Waals surface area contributed by atoms with Crippen molar-refractivity contribution in [1.29, 1.82) is 0 Å². The minimum absolute atomic E-state index is 0.0346. The van der Waals surface area contributed by atoms with Crippen LogP contribution in [0.1, 0.15) is 44.6 Å². The molecule has 2 saturated carbocycles. The highest BCUT2D eigenvalue weighted by Gasteiger charge is 2.43. The Morgan fingerprint density at radius 3 is 2.41 bits per heavy atom. The van der Waals surface area contributed by atoms with Crippen molar-refractivity contribution in [2.24, 2.45) is 17.8 Å². The quantitative estimate of drug-likeness (QED) is 0.618. The maximum atomic E-state index is 14.4. The van der Waals surface area contributed by atoms with Gasteiger partial charge in [0, 0.05) is 11.6 Å². The first-order valence-corrected chi connectivity index (χ1v) is 11.0. The average Bonchev–Trinajstić information content (AvgIpc) is 3.33. The van der Waals surface area contributed by atoms with Crippen LogP contribution in [0.25, 0.3) is 11.1 Å². The molecule has 0 spiro atoms. The second-order valence-corrected chi connectivity index (χ2v) is 8.55. The maximum absolute atomic E-state index is 14.4. The number of fused-ring (bicyclic) bond motifs is 1. The maximum Gasteiger partial charge on any atom is 0.201 e. The fraction of sp³-hybridized carbons (Fsp3) is 0.520. The van der Waals surface area contributed by atoms with Gasteiger partial charge in [0.05, 0.1) is 6.61 Å². The molecule has 1 N–H and O–H groups in total. The van der Waals surface area contributed by atoms with E-state index in [2.05, 4.69) is 24.5 Å². The summed E-state index contributed by atoms with van der Waals surface area (Å²) in [5.41, 5.74) is 2.24. The zero-order valence-corrected chi connectivity index (χ0v) is 17.4. The Morgan fingerprint density at radius 1 is 0.931 bits per heavy atom. The highest BCUT2D eigenvalue weighted by Crippen LogP contribution is 2.49. The zero-order chi connectivity index (χ0) is 20.4. The van der Waals surface area contributed by atoms with Gasteiger partial charge in [-0.2, -0.15) is 4.39 Å².